The zero-order chi connectivity index (χ0) is 13.2. The zero-order valence-corrected chi connectivity index (χ0v) is 15.3. The summed E-state index contributed by atoms with van der Waals surface area (Å²) < 4.78 is 1.51. The average Bonchev–Trinajstić information content (AvgIpc) is 3.00. The fourth-order valence-electron chi connectivity index (χ4n) is 4.27. The predicted octanol–water partition coefficient (Wildman–Crippen LogP) is 5.36. The van der Waals surface area contributed by atoms with E-state index < -0.39 is 18.4 Å². The molecule has 0 spiro atoms. The van der Waals surface area contributed by atoms with Crippen molar-refractivity contribution in [2.24, 2.45) is 11.8 Å². The molecule has 0 aromatic heterocycles. The molecule has 0 heterocycles. The van der Waals surface area contributed by atoms with Crippen molar-refractivity contribution >= 4 is 18.4 Å². The van der Waals surface area contributed by atoms with E-state index in [2.05, 4.69) is 22.9 Å². The Morgan fingerprint density at radius 1 is 1.17 bits per heavy atom. The van der Waals surface area contributed by atoms with Crippen LogP contribution in [0.4, 0.5) is 0 Å². The van der Waals surface area contributed by atoms with E-state index in [1.807, 2.05) is 0 Å². The van der Waals surface area contributed by atoms with Gasteiger partial charge in [-0.15, -0.1) is 0 Å². The molecule has 0 bridgehead atoms. The molecular formula is C16H29NSn. The van der Waals surface area contributed by atoms with Crippen molar-refractivity contribution in [1.82, 2.24) is 0 Å². The summed E-state index contributed by atoms with van der Waals surface area (Å²) in [6.07, 6.45) is 11.1. The van der Waals surface area contributed by atoms with Gasteiger partial charge in [-0.2, -0.15) is 0 Å². The van der Waals surface area contributed by atoms with Gasteiger partial charge in [0.05, 0.1) is 0 Å². The van der Waals surface area contributed by atoms with Crippen LogP contribution in [0.1, 0.15) is 58.3 Å². The molecule has 0 N–H and O–H groups in total. The fraction of sp³-hybridized carbons (Fsp3) is 0.938. The van der Waals surface area contributed by atoms with Crippen LogP contribution in [0.3, 0.4) is 0 Å². The van der Waals surface area contributed by atoms with Gasteiger partial charge in [-0.05, 0) is 0 Å². The Kier molecular flexibility index (Phi) is 4.68. The second kappa shape index (κ2) is 5.73. The van der Waals surface area contributed by atoms with E-state index in [1.54, 1.807) is 0 Å². The molecule has 0 aliphatic heterocycles. The molecule has 18 heavy (non-hydrogen) atoms. The Labute approximate surface area is 117 Å². The van der Waals surface area contributed by atoms with E-state index in [4.69, 9.17) is 0 Å². The molecule has 2 unspecified atom stereocenters. The summed E-state index contributed by atoms with van der Waals surface area (Å²) in [5.41, 5.74) is 0. The molecule has 0 radical (unpaired) electrons. The van der Waals surface area contributed by atoms with Crippen LogP contribution in [0.15, 0.2) is 0 Å². The summed E-state index contributed by atoms with van der Waals surface area (Å²) >= 11 is -2.14. The van der Waals surface area contributed by atoms with Crippen LogP contribution < -0.4 is 0 Å². The summed E-state index contributed by atoms with van der Waals surface area (Å²) in [5, 5.41) is 9.76. The molecule has 0 saturated heterocycles. The van der Waals surface area contributed by atoms with Crippen molar-refractivity contribution in [1.29, 1.82) is 5.26 Å². The molecule has 2 atom stereocenters. The van der Waals surface area contributed by atoms with Crippen LogP contribution >= 0.6 is 0 Å². The molecule has 0 aromatic carbocycles. The molecule has 102 valence electrons. The Balaban J connectivity index is 1.98. The molecule has 2 aliphatic rings. The van der Waals surface area contributed by atoms with Crippen LogP contribution in [-0.2, 0) is 0 Å². The number of hydrogen-bond acceptors (Lipinski definition) is 1. The van der Waals surface area contributed by atoms with Crippen LogP contribution in [0, 0.1) is 23.2 Å². The standard InChI is InChI=1S/C12H18N.C2H5.2CH3.Sn/c13-9-12-6-5-11(8-12)7-10-3-1-2-4-10;1-2;;;/h10-11H,1-8H2;1H2,2H3;2*1H3;. The van der Waals surface area contributed by atoms with Crippen LogP contribution in [0.25, 0.3) is 0 Å². The van der Waals surface area contributed by atoms with E-state index in [0.29, 0.717) is 0 Å². The third-order valence-corrected chi connectivity index (χ3v) is 20.2. The zero-order valence-electron chi connectivity index (χ0n) is 12.5. The van der Waals surface area contributed by atoms with Crippen molar-refractivity contribution in [2.75, 3.05) is 0 Å². The summed E-state index contributed by atoms with van der Waals surface area (Å²) in [7, 11) is 0. The SMILES string of the molecule is C[CH2][Sn]([CH3])([CH3])[C]1(C#N)CCC(CC2CCCC2)C1. The van der Waals surface area contributed by atoms with Crippen LogP contribution in [0.5, 0.6) is 0 Å². The van der Waals surface area contributed by atoms with E-state index in [0.717, 1.165) is 11.8 Å². The maximum atomic E-state index is 9.76. The van der Waals surface area contributed by atoms with Gasteiger partial charge in [0.1, 0.15) is 0 Å². The number of hydrogen-bond donors (Lipinski definition) is 0. The topological polar surface area (TPSA) is 23.8 Å². The monoisotopic (exact) mass is 355 g/mol. The summed E-state index contributed by atoms with van der Waals surface area (Å²) in [6, 6.07) is 2.82. The summed E-state index contributed by atoms with van der Waals surface area (Å²) in [6.45, 7) is 2.33. The van der Waals surface area contributed by atoms with Crippen molar-refractivity contribution in [3.8, 4) is 6.07 Å². The second-order valence-corrected chi connectivity index (χ2v) is 22.9. The van der Waals surface area contributed by atoms with Crippen molar-refractivity contribution in [3.63, 3.8) is 0 Å². The quantitative estimate of drug-likeness (QED) is 0.624. The molecule has 2 rings (SSSR count). The Morgan fingerprint density at radius 3 is 2.39 bits per heavy atom. The summed E-state index contributed by atoms with van der Waals surface area (Å²) in [4.78, 5) is 5.02. The molecule has 0 amide bonds. The van der Waals surface area contributed by atoms with Gasteiger partial charge in [0.25, 0.3) is 0 Å². The van der Waals surface area contributed by atoms with Crippen molar-refractivity contribution in [2.45, 2.75) is 76.0 Å². The predicted molar refractivity (Wildman–Crippen MR) is 80.2 cm³/mol. The maximum absolute atomic E-state index is 9.76. The Morgan fingerprint density at radius 2 is 1.83 bits per heavy atom. The van der Waals surface area contributed by atoms with Crippen molar-refractivity contribution in [3.05, 3.63) is 0 Å². The Bertz CT molecular complexity index is 324. The summed E-state index contributed by atoms with van der Waals surface area (Å²) in [5.74, 6) is 1.89. The minimum atomic E-state index is -2.14. The molecule has 2 heteroatoms. The number of nitriles is 1. The van der Waals surface area contributed by atoms with Gasteiger partial charge in [0.15, 0.2) is 0 Å². The van der Waals surface area contributed by atoms with Gasteiger partial charge in [0, 0.05) is 0 Å². The van der Waals surface area contributed by atoms with E-state index in [-0.39, 0.29) is 3.43 Å². The molecule has 0 aromatic rings. The van der Waals surface area contributed by atoms with E-state index in [1.165, 1.54) is 55.8 Å². The Hall–Kier alpha value is 0.289. The third-order valence-electron chi connectivity index (χ3n) is 6.15. The van der Waals surface area contributed by atoms with E-state index >= 15 is 0 Å². The average molecular weight is 354 g/mol. The van der Waals surface area contributed by atoms with Crippen LogP contribution in [-0.4, -0.2) is 18.4 Å². The first kappa shape index (κ1) is 14.7. The molecule has 2 fully saturated rings. The second-order valence-electron chi connectivity index (χ2n) is 7.43. The van der Waals surface area contributed by atoms with Gasteiger partial charge >= 0.3 is 118 Å². The fourth-order valence-corrected chi connectivity index (χ4v) is 11.8. The van der Waals surface area contributed by atoms with Crippen LogP contribution in [0.2, 0.25) is 17.7 Å². The van der Waals surface area contributed by atoms with Gasteiger partial charge in [0.2, 0.25) is 0 Å². The van der Waals surface area contributed by atoms with Gasteiger partial charge in [-0.25, -0.2) is 0 Å². The first-order valence-electron chi connectivity index (χ1n) is 7.94. The van der Waals surface area contributed by atoms with Gasteiger partial charge < -0.3 is 0 Å². The first-order chi connectivity index (χ1) is 8.53. The first-order valence-corrected chi connectivity index (χ1v) is 17.1. The van der Waals surface area contributed by atoms with Crippen molar-refractivity contribution < 1.29 is 0 Å². The molecule has 2 saturated carbocycles. The third kappa shape index (κ3) is 2.74. The number of rotatable bonds is 4. The molecular weight excluding hydrogens is 325 g/mol. The van der Waals surface area contributed by atoms with Gasteiger partial charge in [-0.1, -0.05) is 0 Å². The normalized spacial score (nSPS) is 33.8. The number of nitrogens with zero attached hydrogens (tertiary/aromatic N) is 1. The molecule has 2 aliphatic carbocycles. The van der Waals surface area contributed by atoms with Gasteiger partial charge in [-0.3, -0.25) is 0 Å². The minimum absolute atomic E-state index is 0.173. The van der Waals surface area contributed by atoms with E-state index in [9.17, 15) is 5.26 Å². The molecule has 1 nitrogen and oxygen atoms in total.